The standard InChI is InChI=1S/C17H21BrN4O/c1-12-10-14(18)4-5-15(12)21-17(23)13-6-7-19-16(11-13)20-8-9-22(2)3/h4-7,10-11H,8-9H2,1-3H3,(H,19,20)(H,21,23). The summed E-state index contributed by atoms with van der Waals surface area (Å²) >= 11 is 3.42. The van der Waals surface area contributed by atoms with Gasteiger partial charge in [-0.1, -0.05) is 15.9 Å². The lowest BCUT2D eigenvalue weighted by molar-refractivity contribution is 0.102. The zero-order valence-corrected chi connectivity index (χ0v) is 15.1. The summed E-state index contributed by atoms with van der Waals surface area (Å²) in [7, 11) is 4.03. The fraction of sp³-hybridized carbons (Fsp3) is 0.294. The molecule has 0 saturated carbocycles. The van der Waals surface area contributed by atoms with Crippen LogP contribution in [0.4, 0.5) is 11.5 Å². The lowest BCUT2D eigenvalue weighted by Gasteiger charge is -2.12. The number of carbonyl (C=O) groups is 1. The van der Waals surface area contributed by atoms with Crippen molar-refractivity contribution in [1.29, 1.82) is 0 Å². The third-order valence-electron chi connectivity index (χ3n) is 3.32. The minimum Gasteiger partial charge on any atom is -0.369 e. The van der Waals surface area contributed by atoms with Gasteiger partial charge in [-0.2, -0.15) is 0 Å². The van der Waals surface area contributed by atoms with E-state index < -0.39 is 0 Å². The van der Waals surface area contributed by atoms with Gasteiger partial charge in [-0.05, 0) is 56.9 Å². The highest BCUT2D eigenvalue weighted by Gasteiger charge is 2.09. The number of aromatic nitrogens is 1. The van der Waals surface area contributed by atoms with Crippen molar-refractivity contribution in [2.75, 3.05) is 37.8 Å². The molecular formula is C17H21BrN4O. The molecule has 0 radical (unpaired) electrons. The molecule has 0 unspecified atom stereocenters. The minimum atomic E-state index is -0.145. The summed E-state index contributed by atoms with van der Waals surface area (Å²) in [6, 6.07) is 9.23. The second-order valence-corrected chi connectivity index (χ2v) is 6.49. The Labute approximate surface area is 145 Å². The van der Waals surface area contributed by atoms with Gasteiger partial charge in [0.1, 0.15) is 5.82 Å². The molecule has 0 aliphatic heterocycles. The Hall–Kier alpha value is -1.92. The zero-order chi connectivity index (χ0) is 16.8. The zero-order valence-electron chi connectivity index (χ0n) is 13.6. The van der Waals surface area contributed by atoms with E-state index in [2.05, 4.69) is 36.4 Å². The van der Waals surface area contributed by atoms with Gasteiger partial charge in [-0.3, -0.25) is 4.79 Å². The number of nitrogens with zero attached hydrogens (tertiary/aromatic N) is 2. The number of pyridine rings is 1. The van der Waals surface area contributed by atoms with Gasteiger partial charge in [0.25, 0.3) is 5.91 Å². The summed E-state index contributed by atoms with van der Waals surface area (Å²) in [5, 5.41) is 6.15. The molecule has 0 saturated heterocycles. The molecule has 122 valence electrons. The van der Waals surface area contributed by atoms with Crippen molar-refractivity contribution >= 4 is 33.3 Å². The van der Waals surface area contributed by atoms with Crippen molar-refractivity contribution in [3.8, 4) is 0 Å². The van der Waals surface area contributed by atoms with Crippen molar-refractivity contribution < 1.29 is 4.79 Å². The maximum Gasteiger partial charge on any atom is 0.255 e. The number of benzene rings is 1. The van der Waals surface area contributed by atoms with Crippen molar-refractivity contribution in [3.63, 3.8) is 0 Å². The number of hydrogen-bond donors (Lipinski definition) is 2. The summed E-state index contributed by atoms with van der Waals surface area (Å²) in [4.78, 5) is 18.7. The summed E-state index contributed by atoms with van der Waals surface area (Å²) in [5.74, 6) is 0.556. The number of hydrogen-bond acceptors (Lipinski definition) is 4. The van der Waals surface area contributed by atoms with Crippen LogP contribution in [0.3, 0.4) is 0 Å². The molecule has 2 rings (SSSR count). The number of nitrogens with one attached hydrogen (secondary N) is 2. The molecule has 1 aromatic carbocycles. The van der Waals surface area contributed by atoms with Crippen LogP contribution in [0.15, 0.2) is 41.0 Å². The van der Waals surface area contributed by atoms with E-state index in [1.165, 1.54) is 0 Å². The van der Waals surface area contributed by atoms with E-state index >= 15 is 0 Å². The molecule has 0 fully saturated rings. The van der Waals surface area contributed by atoms with E-state index in [0.717, 1.165) is 28.8 Å². The second-order valence-electron chi connectivity index (χ2n) is 5.57. The fourth-order valence-electron chi connectivity index (χ4n) is 2.04. The van der Waals surface area contributed by atoms with Crippen LogP contribution in [0.25, 0.3) is 0 Å². The highest BCUT2D eigenvalue weighted by molar-refractivity contribution is 9.10. The van der Waals surface area contributed by atoms with Gasteiger partial charge in [-0.25, -0.2) is 4.98 Å². The molecule has 1 aromatic heterocycles. The van der Waals surface area contributed by atoms with Gasteiger partial charge in [0.15, 0.2) is 0 Å². The predicted molar refractivity (Wildman–Crippen MR) is 98.1 cm³/mol. The topological polar surface area (TPSA) is 57.3 Å². The molecule has 1 heterocycles. The molecule has 2 N–H and O–H groups in total. The smallest absolute Gasteiger partial charge is 0.255 e. The maximum atomic E-state index is 12.4. The first-order chi connectivity index (χ1) is 11.0. The molecule has 0 aliphatic carbocycles. The lowest BCUT2D eigenvalue weighted by atomic mass is 10.2. The highest BCUT2D eigenvalue weighted by Crippen LogP contribution is 2.21. The van der Waals surface area contributed by atoms with Crippen LogP contribution in [0.1, 0.15) is 15.9 Å². The van der Waals surface area contributed by atoms with Crippen molar-refractivity contribution in [2.24, 2.45) is 0 Å². The van der Waals surface area contributed by atoms with Crippen LogP contribution in [-0.2, 0) is 0 Å². The van der Waals surface area contributed by atoms with Gasteiger partial charge in [-0.15, -0.1) is 0 Å². The van der Waals surface area contributed by atoms with Crippen molar-refractivity contribution in [3.05, 3.63) is 52.1 Å². The van der Waals surface area contributed by atoms with Crippen LogP contribution >= 0.6 is 15.9 Å². The summed E-state index contributed by atoms with van der Waals surface area (Å²) in [6.45, 7) is 3.63. The summed E-state index contributed by atoms with van der Waals surface area (Å²) in [6.07, 6.45) is 1.64. The number of anilines is 2. The average molecular weight is 377 g/mol. The van der Waals surface area contributed by atoms with Crippen LogP contribution in [-0.4, -0.2) is 43.0 Å². The van der Waals surface area contributed by atoms with Crippen LogP contribution in [0.5, 0.6) is 0 Å². The second kappa shape index (κ2) is 8.08. The van der Waals surface area contributed by atoms with E-state index in [1.54, 1.807) is 18.3 Å². The van der Waals surface area contributed by atoms with Gasteiger partial charge < -0.3 is 15.5 Å². The van der Waals surface area contributed by atoms with E-state index in [4.69, 9.17) is 0 Å². The molecule has 0 atom stereocenters. The monoisotopic (exact) mass is 376 g/mol. The first-order valence-electron chi connectivity index (χ1n) is 7.38. The first-order valence-corrected chi connectivity index (χ1v) is 8.17. The van der Waals surface area contributed by atoms with Gasteiger partial charge in [0, 0.05) is 35.0 Å². The highest BCUT2D eigenvalue weighted by atomic mass is 79.9. The van der Waals surface area contributed by atoms with Crippen molar-refractivity contribution in [1.82, 2.24) is 9.88 Å². The Kier molecular flexibility index (Phi) is 6.12. The lowest BCUT2D eigenvalue weighted by Crippen LogP contribution is -2.21. The Morgan fingerprint density at radius 3 is 2.74 bits per heavy atom. The summed E-state index contributed by atoms with van der Waals surface area (Å²) in [5.41, 5.74) is 2.39. The molecule has 1 amide bonds. The average Bonchev–Trinajstić information content (AvgIpc) is 2.50. The number of aryl methyl sites for hydroxylation is 1. The Morgan fingerprint density at radius 1 is 1.26 bits per heavy atom. The number of rotatable bonds is 6. The molecular weight excluding hydrogens is 356 g/mol. The van der Waals surface area contributed by atoms with Crippen LogP contribution < -0.4 is 10.6 Å². The fourth-order valence-corrected chi connectivity index (χ4v) is 2.51. The molecule has 23 heavy (non-hydrogen) atoms. The normalized spacial score (nSPS) is 10.7. The van der Waals surface area contributed by atoms with Gasteiger partial charge in [0.2, 0.25) is 0 Å². The quantitative estimate of drug-likeness (QED) is 0.811. The Morgan fingerprint density at radius 2 is 2.04 bits per heavy atom. The van der Waals surface area contributed by atoms with E-state index in [1.807, 2.05) is 39.2 Å². The van der Waals surface area contributed by atoms with E-state index in [-0.39, 0.29) is 5.91 Å². The Balaban J connectivity index is 2.04. The van der Waals surface area contributed by atoms with Crippen LogP contribution in [0, 0.1) is 6.92 Å². The molecule has 5 nitrogen and oxygen atoms in total. The predicted octanol–water partition coefficient (Wildman–Crippen LogP) is 3.38. The first kappa shape index (κ1) is 17.4. The third-order valence-corrected chi connectivity index (χ3v) is 3.82. The molecule has 0 aliphatic rings. The maximum absolute atomic E-state index is 12.4. The number of likely N-dealkylation sites (N-methyl/N-ethyl adjacent to an activating group) is 1. The van der Waals surface area contributed by atoms with E-state index in [9.17, 15) is 4.79 Å². The van der Waals surface area contributed by atoms with Gasteiger partial charge >= 0.3 is 0 Å². The molecule has 2 aromatic rings. The van der Waals surface area contributed by atoms with Gasteiger partial charge in [0.05, 0.1) is 0 Å². The number of halogens is 1. The SMILES string of the molecule is Cc1cc(Br)ccc1NC(=O)c1ccnc(NCCN(C)C)c1. The molecule has 6 heteroatoms. The molecule has 0 bridgehead atoms. The molecule has 0 spiro atoms. The van der Waals surface area contributed by atoms with E-state index in [0.29, 0.717) is 11.4 Å². The van der Waals surface area contributed by atoms with Crippen molar-refractivity contribution in [2.45, 2.75) is 6.92 Å². The summed E-state index contributed by atoms with van der Waals surface area (Å²) < 4.78 is 0.990. The number of carbonyl (C=O) groups excluding carboxylic acids is 1. The van der Waals surface area contributed by atoms with Crippen LogP contribution in [0.2, 0.25) is 0 Å². The minimum absolute atomic E-state index is 0.145. The largest absolute Gasteiger partial charge is 0.369 e. The Bertz CT molecular complexity index is 688. The number of amides is 1. The third kappa shape index (κ3) is 5.33.